The summed E-state index contributed by atoms with van der Waals surface area (Å²) in [6.07, 6.45) is 1.82. The minimum Gasteiger partial charge on any atom is -0.306 e. The van der Waals surface area contributed by atoms with Crippen LogP contribution >= 0.6 is 23.2 Å². The van der Waals surface area contributed by atoms with Gasteiger partial charge >= 0.3 is 0 Å². The molecule has 0 amide bonds. The van der Waals surface area contributed by atoms with Gasteiger partial charge in [0.05, 0.1) is 5.52 Å². The van der Waals surface area contributed by atoms with Crippen molar-refractivity contribution in [3.63, 3.8) is 0 Å². The highest BCUT2D eigenvalue weighted by molar-refractivity contribution is 6.35. The molecular weight excluding hydrogens is 315 g/mol. The molecule has 3 aromatic rings. The fourth-order valence-corrected chi connectivity index (χ4v) is 3.11. The van der Waals surface area contributed by atoms with Gasteiger partial charge in [-0.3, -0.25) is 4.98 Å². The van der Waals surface area contributed by atoms with Gasteiger partial charge in [-0.2, -0.15) is 0 Å². The Morgan fingerprint density at radius 2 is 1.91 bits per heavy atom. The van der Waals surface area contributed by atoms with Gasteiger partial charge in [-0.05, 0) is 36.2 Å². The van der Waals surface area contributed by atoms with E-state index >= 15 is 0 Å². The molecule has 2 nitrogen and oxygen atoms in total. The Morgan fingerprint density at radius 3 is 2.73 bits per heavy atom. The molecule has 0 radical (unpaired) electrons. The molecule has 22 heavy (non-hydrogen) atoms. The first-order valence-electron chi connectivity index (χ1n) is 7.16. The molecule has 0 bridgehead atoms. The van der Waals surface area contributed by atoms with E-state index in [4.69, 9.17) is 23.2 Å². The molecule has 0 unspecified atom stereocenters. The van der Waals surface area contributed by atoms with E-state index in [9.17, 15) is 0 Å². The lowest BCUT2D eigenvalue weighted by molar-refractivity contribution is 0.576. The predicted octanol–water partition coefficient (Wildman–Crippen LogP) is 5.39. The van der Waals surface area contributed by atoms with Gasteiger partial charge in [0.25, 0.3) is 0 Å². The Morgan fingerprint density at radius 1 is 1.09 bits per heavy atom. The fraction of sp³-hybridized carbons (Fsp3) is 0.167. The lowest BCUT2D eigenvalue weighted by Crippen LogP contribution is -2.18. The number of rotatable bonds is 4. The quantitative estimate of drug-likeness (QED) is 0.693. The monoisotopic (exact) mass is 330 g/mol. The molecule has 0 spiro atoms. The number of halogens is 2. The molecular formula is C18H16Cl2N2. The minimum absolute atomic E-state index is 0.128. The van der Waals surface area contributed by atoms with E-state index in [1.807, 2.05) is 24.4 Å². The van der Waals surface area contributed by atoms with E-state index in [-0.39, 0.29) is 6.04 Å². The number of nitrogens with zero attached hydrogens (tertiary/aromatic N) is 1. The molecule has 2 aromatic carbocycles. The Kier molecular flexibility index (Phi) is 4.63. The van der Waals surface area contributed by atoms with E-state index in [2.05, 4.69) is 41.5 Å². The van der Waals surface area contributed by atoms with Crippen molar-refractivity contribution in [2.24, 2.45) is 0 Å². The van der Waals surface area contributed by atoms with Crippen LogP contribution in [0.15, 0.2) is 54.7 Å². The second-order valence-corrected chi connectivity index (χ2v) is 6.10. The van der Waals surface area contributed by atoms with E-state index < -0.39 is 0 Å². The van der Waals surface area contributed by atoms with Crippen LogP contribution in [0.4, 0.5) is 0 Å². The third kappa shape index (κ3) is 3.25. The number of pyridine rings is 1. The molecule has 1 atom stereocenters. The number of hydrogen-bond donors (Lipinski definition) is 1. The maximum atomic E-state index is 6.26. The second kappa shape index (κ2) is 6.66. The van der Waals surface area contributed by atoms with Gasteiger partial charge in [0.15, 0.2) is 0 Å². The van der Waals surface area contributed by atoms with Crippen LogP contribution in [-0.2, 0) is 6.54 Å². The van der Waals surface area contributed by atoms with Gasteiger partial charge in [0, 0.05) is 34.2 Å². The lowest BCUT2D eigenvalue weighted by Gasteiger charge is -2.16. The van der Waals surface area contributed by atoms with E-state index in [1.165, 1.54) is 5.56 Å². The van der Waals surface area contributed by atoms with Crippen LogP contribution in [0.25, 0.3) is 10.9 Å². The number of para-hydroxylation sites is 1. The number of benzene rings is 2. The highest BCUT2D eigenvalue weighted by Crippen LogP contribution is 2.26. The molecule has 0 saturated carbocycles. The zero-order chi connectivity index (χ0) is 15.5. The van der Waals surface area contributed by atoms with Crippen molar-refractivity contribution in [1.29, 1.82) is 0 Å². The maximum absolute atomic E-state index is 6.26. The summed E-state index contributed by atoms with van der Waals surface area (Å²) in [5.74, 6) is 0. The fourth-order valence-electron chi connectivity index (χ4n) is 2.54. The van der Waals surface area contributed by atoms with Crippen LogP contribution in [0.3, 0.4) is 0 Å². The number of nitrogens with one attached hydrogen (secondary N) is 1. The molecule has 1 aromatic heterocycles. The minimum atomic E-state index is 0.128. The second-order valence-electron chi connectivity index (χ2n) is 5.26. The van der Waals surface area contributed by atoms with Crippen molar-refractivity contribution in [3.05, 3.63) is 75.9 Å². The third-order valence-corrected chi connectivity index (χ3v) is 4.31. The SMILES string of the molecule is C[C@H](NCc1cccc2cccnc12)c1ccc(Cl)cc1Cl. The molecule has 1 N–H and O–H groups in total. The van der Waals surface area contributed by atoms with Crippen LogP contribution in [0.1, 0.15) is 24.1 Å². The topological polar surface area (TPSA) is 24.9 Å². The zero-order valence-corrected chi connectivity index (χ0v) is 13.7. The van der Waals surface area contributed by atoms with Crippen molar-refractivity contribution in [2.75, 3.05) is 0 Å². The summed E-state index contributed by atoms with van der Waals surface area (Å²) in [5.41, 5.74) is 3.25. The van der Waals surface area contributed by atoms with Crippen molar-refractivity contribution < 1.29 is 0 Å². The van der Waals surface area contributed by atoms with Gasteiger partial charge in [-0.25, -0.2) is 0 Å². The van der Waals surface area contributed by atoms with E-state index in [0.29, 0.717) is 10.0 Å². The molecule has 3 rings (SSSR count). The van der Waals surface area contributed by atoms with E-state index in [0.717, 1.165) is 23.0 Å². The number of hydrogen-bond acceptors (Lipinski definition) is 2. The molecule has 112 valence electrons. The lowest BCUT2D eigenvalue weighted by atomic mass is 10.1. The van der Waals surface area contributed by atoms with Crippen molar-refractivity contribution >= 4 is 34.1 Å². The highest BCUT2D eigenvalue weighted by atomic mass is 35.5. The molecule has 0 aliphatic carbocycles. The summed E-state index contributed by atoms with van der Waals surface area (Å²) in [5, 5.41) is 5.99. The van der Waals surface area contributed by atoms with Crippen molar-refractivity contribution in [3.8, 4) is 0 Å². The normalized spacial score (nSPS) is 12.5. The van der Waals surface area contributed by atoms with Crippen molar-refractivity contribution in [2.45, 2.75) is 19.5 Å². The van der Waals surface area contributed by atoms with Crippen molar-refractivity contribution in [1.82, 2.24) is 10.3 Å². The first-order valence-corrected chi connectivity index (χ1v) is 7.91. The summed E-state index contributed by atoms with van der Waals surface area (Å²) in [7, 11) is 0. The molecule has 0 aliphatic heterocycles. The summed E-state index contributed by atoms with van der Waals surface area (Å²) < 4.78 is 0. The van der Waals surface area contributed by atoms with Crippen LogP contribution in [0.2, 0.25) is 10.0 Å². The number of fused-ring (bicyclic) bond motifs is 1. The Bertz CT molecular complexity index is 797. The average Bonchev–Trinajstić information content (AvgIpc) is 2.52. The van der Waals surface area contributed by atoms with Gasteiger partial charge in [0.2, 0.25) is 0 Å². The smallest absolute Gasteiger partial charge is 0.0746 e. The van der Waals surface area contributed by atoms with Crippen LogP contribution in [0, 0.1) is 0 Å². The summed E-state index contributed by atoms with van der Waals surface area (Å²) in [4.78, 5) is 4.48. The maximum Gasteiger partial charge on any atom is 0.0746 e. The predicted molar refractivity (Wildman–Crippen MR) is 93.5 cm³/mol. The standard InChI is InChI=1S/C18H16Cl2N2/c1-12(16-8-7-15(19)10-17(16)20)22-11-14-5-2-4-13-6-3-9-21-18(13)14/h2-10,12,22H,11H2,1H3/t12-/m0/s1. The summed E-state index contributed by atoms with van der Waals surface area (Å²) in [6, 6.07) is 16.0. The van der Waals surface area contributed by atoms with E-state index in [1.54, 1.807) is 6.07 Å². The Balaban J connectivity index is 1.79. The van der Waals surface area contributed by atoms with Crippen LogP contribution in [-0.4, -0.2) is 4.98 Å². The first kappa shape index (κ1) is 15.3. The van der Waals surface area contributed by atoms with Crippen LogP contribution in [0.5, 0.6) is 0 Å². The molecule has 0 aliphatic rings. The molecule has 0 fully saturated rings. The zero-order valence-electron chi connectivity index (χ0n) is 12.2. The Labute approximate surface area is 140 Å². The number of aromatic nitrogens is 1. The Hall–Kier alpha value is -1.61. The van der Waals surface area contributed by atoms with Gasteiger partial charge in [0.1, 0.15) is 0 Å². The summed E-state index contributed by atoms with van der Waals surface area (Å²) in [6.45, 7) is 2.82. The van der Waals surface area contributed by atoms with Gasteiger partial charge in [-0.15, -0.1) is 0 Å². The van der Waals surface area contributed by atoms with Crippen LogP contribution < -0.4 is 5.32 Å². The van der Waals surface area contributed by atoms with Gasteiger partial charge in [-0.1, -0.05) is 53.5 Å². The third-order valence-electron chi connectivity index (χ3n) is 3.74. The average molecular weight is 331 g/mol. The first-order chi connectivity index (χ1) is 10.6. The molecule has 0 saturated heterocycles. The summed E-state index contributed by atoms with van der Waals surface area (Å²) >= 11 is 12.2. The molecule has 1 heterocycles. The molecule has 4 heteroatoms. The largest absolute Gasteiger partial charge is 0.306 e. The highest BCUT2D eigenvalue weighted by Gasteiger charge is 2.10. The van der Waals surface area contributed by atoms with Gasteiger partial charge < -0.3 is 5.32 Å².